The lowest BCUT2D eigenvalue weighted by atomic mass is 10.2. The Bertz CT molecular complexity index is 1040. The number of carbonyl (C=O) groups is 3. The van der Waals surface area contributed by atoms with Gasteiger partial charge in [-0.15, -0.1) is 0 Å². The molecule has 2 aliphatic rings. The second kappa shape index (κ2) is 7.96. The van der Waals surface area contributed by atoms with E-state index in [0.29, 0.717) is 17.1 Å². The van der Waals surface area contributed by atoms with Gasteiger partial charge in [0.05, 0.1) is 10.5 Å². The number of nitrogens with zero attached hydrogens (tertiary/aromatic N) is 1. The number of halogens is 1. The molecule has 3 amide bonds. The molecule has 1 saturated heterocycles. The minimum absolute atomic E-state index is 0.0106. The molecular formula is C20H15FN2O5S. The zero-order chi connectivity index (χ0) is 20.4. The number of amides is 3. The highest BCUT2D eigenvalue weighted by molar-refractivity contribution is 8.18. The molecule has 7 nitrogen and oxygen atoms in total. The molecule has 2 aliphatic heterocycles. The van der Waals surface area contributed by atoms with Crippen LogP contribution in [0.15, 0.2) is 47.4 Å². The first-order valence-electron chi connectivity index (χ1n) is 8.70. The predicted molar refractivity (Wildman–Crippen MR) is 104 cm³/mol. The van der Waals surface area contributed by atoms with Gasteiger partial charge in [-0.1, -0.05) is 18.2 Å². The van der Waals surface area contributed by atoms with Gasteiger partial charge in [-0.05, 0) is 47.7 Å². The van der Waals surface area contributed by atoms with Crippen molar-refractivity contribution in [2.24, 2.45) is 0 Å². The van der Waals surface area contributed by atoms with Crippen LogP contribution in [-0.2, 0) is 4.79 Å². The molecule has 4 rings (SSSR count). The van der Waals surface area contributed by atoms with Gasteiger partial charge in [0, 0.05) is 13.1 Å². The number of thioether (sulfide) groups is 1. The molecule has 0 spiro atoms. The first-order chi connectivity index (χ1) is 14.0. The van der Waals surface area contributed by atoms with Crippen molar-refractivity contribution in [3.8, 4) is 11.5 Å². The van der Waals surface area contributed by atoms with Gasteiger partial charge in [0.25, 0.3) is 17.1 Å². The molecule has 9 heteroatoms. The molecule has 0 aliphatic carbocycles. The van der Waals surface area contributed by atoms with Crippen molar-refractivity contribution in [3.63, 3.8) is 0 Å². The summed E-state index contributed by atoms with van der Waals surface area (Å²) >= 11 is 0.821. The molecular weight excluding hydrogens is 399 g/mol. The number of ether oxygens (including phenoxy) is 2. The summed E-state index contributed by atoms with van der Waals surface area (Å²) in [5.41, 5.74) is 0.608. The van der Waals surface area contributed by atoms with Crippen LogP contribution in [-0.4, -0.2) is 41.8 Å². The third-order valence-corrected chi connectivity index (χ3v) is 5.21. The van der Waals surface area contributed by atoms with Crippen LogP contribution in [0.3, 0.4) is 0 Å². The van der Waals surface area contributed by atoms with Crippen LogP contribution in [0.5, 0.6) is 11.5 Å². The van der Waals surface area contributed by atoms with Crippen LogP contribution in [0.2, 0.25) is 0 Å². The lowest BCUT2D eigenvalue weighted by Gasteiger charge is -2.13. The Kier molecular flexibility index (Phi) is 5.22. The Morgan fingerprint density at radius 2 is 1.97 bits per heavy atom. The SMILES string of the molecule is O=C(NCCN1C(=O)S/C(=C\c2ccc3c(c2)OCO3)C1=O)c1ccccc1F. The van der Waals surface area contributed by atoms with E-state index in [2.05, 4.69) is 5.32 Å². The van der Waals surface area contributed by atoms with Gasteiger partial charge in [0.1, 0.15) is 5.82 Å². The largest absolute Gasteiger partial charge is 0.454 e. The van der Waals surface area contributed by atoms with E-state index in [9.17, 15) is 18.8 Å². The van der Waals surface area contributed by atoms with Crippen LogP contribution < -0.4 is 14.8 Å². The van der Waals surface area contributed by atoms with Crippen LogP contribution >= 0.6 is 11.8 Å². The molecule has 0 atom stereocenters. The van der Waals surface area contributed by atoms with Crippen LogP contribution in [0, 0.1) is 5.82 Å². The molecule has 0 bridgehead atoms. The second-order valence-corrected chi connectivity index (χ2v) is 7.17. The third kappa shape index (κ3) is 3.95. The zero-order valence-corrected chi connectivity index (χ0v) is 15.8. The molecule has 0 radical (unpaired) electrons. The van der Waals surface area contributed by atoms with Gasteiger partial charge in [-0.25, -0.2) is 4.39 Å². The average Bonchev–Trinajstić information content (AvgIpc) is 3.27. The van der Waals surface area contributed by atoms with Crippen molar-refractivity contribution in [3.05, 3.63) is 64.3 Å². The summed E-state index contributed by atoms with van der Waals surface area (Å²) in [4.78, 5) is 38.1. The number of fused-ring (bicyclic) bond motifs is 1. The van der Waals surface area contributed by atoms with Crippen molar-refractivity contribution in [2.75, 3.05) is 19.9 Å². The van der Waals surface area contributed by atoms with Crippen molar-refractivity contribution in [1.29, 1.82) is 0 Å². The monoisotopic (exact) mass is 414 g/mol. The number of nitrogens with one attached hydrogen (secondary N) is 1. The van der Waals surface area contributed by atoms with Gasteiger partial charge >= 0.3 is 0 Å². The lowest BCUT2D eigenvalue weighted by molar-refractivity contribution is -0.122. The van der Waals surface area contributed by atoms with Gasteiger partial charge < -0.3 is 14.8 Å². The summed E-state index contributed by atoms with van der Waals surface area (Å²) in [6.07, 6.45) is 1.60. The lowest BCUT2D eigenvalue weighted by Crippen LogP contribution is -2.37. The number of imide groups is 1. The van der Waals surface area contributed by atoms with Gasteiger partial charge in [-0.3, -0.25) is 19.3 Å². The summed E-state index contributed by atoms with van der Waals surface area (Å²) in [6, 6.07) is 10.8. The molecule has 2 heterocycles. The summed E-state index contributed by atoms with van der Waals surface area (Å²) in [6.45, 7) is 0.153. The molecule has 0 saturated carbocycles. The third-order valence-electron chi connectivity index (χ3n) is 4.31. The fourth-order valence-corrected chi connectivity index (χ4v) is 3.73. The normalized spacial score (nSPS) is 16.6. The summed E-state index contributed by atoms with van der Waals surface area (Å²) in [5.74, 6) is -0.485. The van der Waals surface area contributed by atoms with E-state index in [1.54, 1.807) is 30.3 Å². The van der Waals surface area contributed by atoms with Crippen LogP contribution in [0.25, 0.3) is 6.08 Å². The van der Waals surface area contributed by atoms with E-state index in [-0.39, 0.29) is 30.4 Å². The number of benzene rings is 2. The molecule has 0 aromatic heterocycles. The average molecular weight is 414 g/mol. The van der Waals surface area contributed by atoms with Gasteiger partial charge in [0.15, 0.2) is 11.5 Å². The fourth-order valence-electron chi connectivity index (χ4n) is 2.87. The molecule has 1 fully saturated rings. The molecule has 1 N–H and O–H groups in total. The molecule has 29 heavy (non-hydrogen) atoms. The van der Waals surface area contributed by atoms with E-state index in [1.807, 2.05) is 0 Å². The Labute approximate surface area is 169 Å². The Morgan fingerprint density at radius 3 is 2.79 bits per heavy atom. The summed E-state index contributed by atoms with van der Waals surface area (Å²) in [5, 5.41) is 2.09. The van der Waals surface area contributed by atoms with Gasteiger partial charge in [0.2, 0.25) is 6.79 Å². The fraction of sp³-hybridized carbons (Fsp3) is 0.150. The Balaban J connectivity index is 1.38. The van der Waals surface area contributed by atoms with Crippen molar-refractivity contribution in [1.82, 2.24) is 10.2 Å². The minimum Gasteiger partial charge on any atom is -0.454 e. The topological polar surface area (TPSA) is 84.9 Å². The standard InChI is InChI=1S/C20H15FN2O5S/c21-14-4-2-1-3-13(14)18(24)22-7-8-23-19(25)17(29-20(23)26)10-12-5-6-15-16(9-12)28-11-27-15/h1-6,9-10H,7-8,11H2,(H,22,24)/b17-10-. The van der Waals surface area contributed by atoms with Crippen molar-refractivity contribution >= 4 is 34.9 Å². The predicted octanol–water partition coefficient (Wildman–Crippen LogP) is 3.02. The quantitative estimate of drug-likeness (QED) is 0.757. The van der Waals surface area contributed by atoms with E-state index in [4.69, 9.17) is 9.47 Å². The number of rotatable bonds is 5. The second-order valence-electron chi connectivity index (χ2n) is 6.18. The van der Waals surface area contributed by atoms with Crippen molar-refractivity contribution < 1.29 is 28.2 Å². The Morgan fingerprint density at radius 1 is 1.17 bits per heavy atom. The maximum Gasteiger partial charge on any atom is 0.293 e. The van der Waals surface area contributed by atoms with Crippen LogP contribution in [0.4, 0.5) is 9.18 Å². The highest BCUT2D eigenvalue weighted by atomic mass is 32.2. The molecule has 2 aromatic carbocycles. The van der Waals surface area contributed by atoms with Crippen molar-refractivity contribution in [2.45, 2.75) is 0 Å². The number of hydrogen-bond acceptors (Lipinski definition) is 6. The zero-order valence-electron chi connectivity index (χ0n) is 15.0. The van der Waals surface area contributed by atoms with E-state index in [1.165, 1.54) is 18.2 Å². The van der Waals surface area contributed by atoms with E-state index >= 15 is 0 Å². The van der Waals surface area contributed by atoms with E-state index < -0.39 is 22.9 Å². The first kappa shape index (κ1) is 19.0. The maximum absolute atomic E-state index is 13.6. The van der Waals surface area contributed by atoms with Gasteiger partial charge in [-0.2, -0.15) is 0 Å². The highest BCUT2D eigenvalue weighted by Crippen LogP contribution is 2.36. The van der Waals surface area contributed by atoms with Crippen LogP contribution in [0.1, 0.15) is 15.9 Å². The maximum atomic E-state index is 13.6. The smallest absolute Gasteiger partial charge is 0.293 e. The Hall–Kier alpha value is -3.33. The summed E-state index contributed by atoms with van der Waals surface area (Å²) < 4.78 is 24.2. The molecule has 148 valence electrons. The molecule has 2 aromatic rings. The summed E-state index contributed by atoms with van der Waals surface area (Å²) in [7, 11) is 0. The molecule has 0 unspecified atom stereocenters. The highest BCUT2D eigenvalue weighted by Gasteiger charge is 2.34. The number of carbonyl (C=O) groups excluding carboxylic acids is 3. The van der Waals surface area contributed by atoms with E-state index in [0.717, 1.165) is 16.7 Å². The first-order valence-corrected chi connectivity index (χ1v) is 9.52. The number of hydrogen-bond donors (Lipinski definition) is 1. The minimum atomic E-state index is -0.636.